The number of alkyl halides is 4. The van der Waals surface area contributed by atoms with Gasteiger partial charge in [-0.05, 0) is 6.42 Å². The average molecular weight is 257 g/mol. The SMILES string of the molecule is FC(F)(F)COCCCn1ccnc1CCl. The van der Waals surface area contributed by atoms with Gasteiger partial charge in [0.05, 0.1) is 5.88 Å². The lowest BCUT2D eigenvalue weighted by molar-refractivity contribution is -0.174. The lowest BCUT2D eigenvalue weighted by Crippen LogP contribution is -2.17. The molecule has 1 heterocycles. The number of hydrogen-bond donors (Lipinski definition) is 0. The number of nitrogens with zero attached hydrogens (tertiary/aromatic N) is 2. The summed E-state index contributed by atoms with van der Waals surface area (Å²) in [5.74, 6) is 0.994. The molecule has 0 spiro atoms. The summed E-state index contributed by atoms with van der Waals surface area (Å²) >= 11 is 5.61. The van der Waals surface area contributed by atoms with Crippen molar-refractivity contribution in [1.29, 1.82) is 0 Å². The minimum atomic E-state index is -4.25. The van der Waals surface area contributed by atoms with E-state index in [2.05, 4.69) is 9.72 Å². The van der Waals surface area contributed by atoms with Gasteiger partial charge in [0.2, 0.25) is 0 Å². The molecule has 0 bridgehead atoms. The van der Waals surface area contributed by atoms with Crippen LogP contribution in [0.15, 0.2) is 12.4 Å². The molecule has 1 rings (SSSR count). The summed E-state index contributed by atoms with van der Waals surface area (Å²) in [5, 5.41) is 0. The topological polar surface area (TPSA) is 27.1 Å². The maximum Gasteiger partial charge on any atom is 0.411 e. The molecule has 0 radical (unpaired) electrons. The van der Waals surface area contributed by atoms with E-state index in [0.717, 1.165) is 0 Å². The molecule has 0 saturated carbocycles. The molecule has 0 aliphatic carbocycles. The zero-order valence-corrected chi connectivity index (χ0v) is 9.26. The third-order valence-corrected chi connectivity index (χ3v) is 2.11. The quantitative estimate of drug-likeness (QED) is 0.578. The van der Waals surface area contributed by atoms with Crippen molar-refractivity contribution in [1.82, 2.24) is 9.55 Å². The van der Waals surface area contributed by atoms with Gasteiger partial charge in [0.25, 0.3) is 0 Å². The van der Waals surface area contributed by atoms with Crippen LogP contribution in [-0.4, -0.2) is 28.9 Å². The second-order valence-corrected chi connectivity index (χ2v) is 3.46. The summed E-state index contributed by atoms with van der Waals surface area (Å²) in [6, 6.07) is 0. The predicted molar refractivity (Wildman–Crippen MR) is 53.3 cm³/mol. The maximum absolute atomic E-state index is 11.7. The first-order valence-corrected chi connectivity index (χ1v) is 5.27. The second-order valence-electron chi connectivity index (χ2n) is 3.19. The number of hydrogen-bond acceptors (Lipinski definition) is 2. The molecule has 92 valence electrons. The highest BCUT2D eigenvalue weighted by atomic mass is 35.5. The van der Waals surface area contributed by atoms with Gasteiger partial charge in [0.1, 0.15) is 12.4 Å². The van der Waals surface area contributed by atoms with Crippen LogP contribution in [0.4, 0.5) is 13.2 Å². The summed E-state index contributed by atoms with van der Waals surface area (Å²) in [5.41, 5.74) is 0. The van der Waals surface area contributed by atoms with Crippen LogP contribution in [0.3, 0.4) is 0 Å². The predicted octanol–water partition coefficient (Wildman–Crippen LogP) is 2.59. The number of rotatable bonds is 6. The van der Waals surface area contributed by atoms with E-state index in [1.54, 1.807) is 17.0 Å². The minimum absolute atomic E-state index is 0.0689. The smallest absolute Gasteiger partial charge is 0.372 e. The number of aromatic nitrogens is 2. The fourth-order valence-electron chi connectivity index (χ4n) is 1.20. The van der Waals surface area contributed by atoms with Crippen molar-refractivity contribution in [3.05, 3.63) is 18.2 Å². The fourth-order valence-corrected chi connectivity index (χ4v) is 1.42. The summed E-state index contributed by atoms with van der Waals surface area (Å²) < 4.78 is 41.4. The fraction of sp³-hybridized carbons (Fsp3) is 0.667. The van der Waals surface area contributed by atoms with Crippen LogP contribution < -0.4 is 0 Å². The molecule has 1 aromatic heterocycles. The molecular weight excluding hydrogens is 245 g/mol. The standard InChI is InChI=1S/C9H12ClF3N2O/c10-6-8-14-2-4-15(8)3-1-5-16-7-9(11,12)13/h2,4H,1,3,5-7H2. The Hall–Kier alpha value is -0.750. The Bertz CT molecular complexity index is 314. The molecular formula is C9H12ClF3N2O. The Morgan fingerprint density at radius 2 is 2.19 bits per heavy atom. The Kier molecular flexibility index (Phi) is 5.08. The van der Waals surface area contributed by atoms with Crippen LogP contribution in [0.25, 0.3) is 0 Å². The first-order chi connectivity index (χ1) is 7.53. The Balaban J connectivity index is 2.16. The monoisotopic (exact) mass is 256 g/mol. The van der Waals surface area contributed by atoms with Crippen LogP contribution in [0, 0.1) is 0 Å². The summed E-state index contributed by atoms with van der Waals surface area (Å²) in [4.78, 5) is 3.98. The molecule has 0 amide bonds. The lowest BCUT2D eigenvalue weighted by Gasteiger charge is -2.08. The summed E-state index contributed by atoms with van der Waals surface area (Å²) in [6.45, 7) is -0.571. The molecule has 0 aliphatic rings. The molecule has 0 unspecified atom stereocenters. The normalized spacial score (nSPS) is 12.0. The molecule has 0 atom stereocenters. The van der Waals surface area contributed by atoms with E-state index in [4.69, 9.17) is 11.6 Å². The Morgan fingerprint density at radius 3 is 2.81 bits per heavy atom. The van der Waals surface area contributed by atoms with Gasteiger partial charge in [-0.2, -0.15) is 13.2 Å². The van der Waals surface area contributed by atoms with Gasteiger partial charge in [-0.15, -0.1) is 11.6 Å². The van der Waals surface area contributed by atoms with Crippen LogP contribution in [0.2, 0.25) is 0 Å². The average Bonchev–Trinajstić information content (AvgIpc) is 2.63. The van der Waals surface area contributed by atoms with E-state index >= 15 is 0 Å². The van der Waals surface area contributed by atoms with Crippen LogP contribution in [-0.2, 0) is 17.2 Å². The van der Waals surface area contributed by atoms with Gasteiger partial charge in [-0.25, -0.2) is 4.98 Å². The van der Waals surface area contributed by atoms with Crippen molar-refractivity contribution >= 4 is 11.6 Å². The summed E-state index contributed by atoms with van der Waals surface area (Å²) in [7, 11) is 0. The molecule has 0 aromatic carbocycles. The van der Waals surface area contributed by atoms with Crippen molar-refractivity contribution < 1.29 is 17.9 Å². The highest BCUT2D eigenvalue weighted by Crippen LogP contribution is 2.14. The van der Waals surface area contributed by atoms with Crippen molar-refractivity contribution in [2.75, 3.05) is 13.2 Å². The Morgan fingerprint density at radius 1 is 1.44 bits per heavy atom. The van der Waals surface area contributed by atoms with Gasteiger partial charge < -0.3 is 9.30 Å². The second kappa shape index (κ2) is 6.10. The highest BCUT2D eigenvalue weighted by molar-refractivity contribution is 6.16. The van der Waals surface area contributed by atoms with Crippen LogP contribution in [0.1, 0.15) is 12.2 Å². The lowest BCUT2D eigenvalue weighted by atomic mass is 10.4. The third kappa shape index (κ3) is 4.85. The summed E-state index contributed by atoms with van der Waals surface area (Å²) in [6.07, 6.45) is -0.414. The first-order valence-electron chi connectivity index (χ1n) is 4.73. The zero-order chi connectivity index (χ0) is 12.0. The number of halogens is 4. The van der Waals surface area contributed by atoms with Gasteiger partial charge in [-0.1, -0.05) is 0 Å². The molecule has 0 N–H and O–H groups in total. The van der Waals surface area contributed by atoms with Crippen molar-refractivity contribution in [3.63, 3.8) is 0 Å². The van der Waals surface area contributed by atoms with E-state index in [1.165, 1.54) is 0 Å². The minimum Gasteiger partial charge on any atom is -0.372 e. The molecule has 0 saturated heterocycles. The van der Waals surface area contributed by atoms with Gasteiger partial charge in [-0.3, -0.25) is 0 Å². The van der Waals surface area contributed by atoms with E-state index in [9.17, 15) is 13.2 Å². The van der Waals surface area contributed by atoms with Crippen molar-refractivity contribution in [2.45, 2.75) is 25.0 Å². The van der Waals surface area contributed by atoms with Crippen LogP contribution >= 0.6 is 11.6 Å². The zero-order valence-electron chi connectivity index (χ0n) is 8.50. The van der Waals surface area contributed by atoms with Gasteiger partial charge in [0, 0.05) is 25.5 Å². The van der Waals surface area contributed by atoms with Crippen molar-refractivity contribution in [2.24, 2.45) is 0 Å². The molecule has 0 aliphatic heterocycles. The van der Waals surface area contributed by atoms with Gasteiger partial charge in [0.15, 0.2) is 0 Å². The molecule has 1 aromatic rings. The van der Waals surface area contributed by atoms with Crippen LogP contribution in [0.5, 0.6) is 0 Å². The molecule has 0 fully saturated rings. The van der Waals surface area contributed by atoms with E-state index in [1.807, 2.05) is 0 Å². The van der Waals surface area contributed by atoms with Crippen molar-refractivity contribution in [3.8, 4) is 0 Å². The molecule has 7 heteroatoms. The maximum atomic E-state index is 11.7. The highest BCUT2D eigenvalue weighted by Gasteiger charge is 2.27. The molecule has 3 nitrogen and oxygen atoms in total. The largest absolute Gasteiger partial charge is 0.411 e. The van der Waals surface area contributed by atoms with E-state index in [-0.39, 0.29) is 12.5 Å². The number of ether oxygens (including phenoxy) is 1. The third-order valence-electron chi connectivity index (χ3n) is 1.87. The number of aryl methyl sites for hydroxylation is 1. The van der Waals surface area contributed by atoms with Gasteiger partial charge >= 0.3 is 6.18 Å². The first kappa shape index (κ1) is 13.3. The molecule has 16 heavy (non-hydrogen) atoms. The van der Waals surface area contributed by atoms with E-state index < -0.39 is 12.8 Å². The Labute approximate surface area is 96.2 Å². The van der Waals surface area contributed by atoms with E-state index in [0.29, 0.717) is 18.8 Å². The number of imidazole rings is 1.